The summed E-state index contributed by atoms with van der Waals surface area (Å²) in [5.74, 6) is 0. The Morgan fingerprint density at radius 3 is 2.64 bits per heavy atom. The van der Waals surface area contributed by atoms with Gasteiger partial charge in [0.25, 0.3) is 0 Å². The van der Waals surface area contributed by atoms with Crippen molar-refractivity contribution < 1.29 is 18.0 Å². The lowest BCUT2D eigenvalue weighted by molar-refractivity contribution is -0.142. The number of hydrogen-bond donors (Lipinski definition) is 2. The van der Waals surface area contributed by atoms with Crippen molar-refractivity contribution in [3.63, 3.8) is 0 Å². The second kappa shape index (κ2) is 6.58. The van der Waals surface area contributed by atoms with Crippen molar-refractivity contribution >= 4 is 6.03 Å². The maximum absolute atomic E-state index is 13.0. The summed E-state index contributed by atoms with van der Waals surface area (Å²) in [5, 5.41) is 9.03. The van der Waals surface area contributed by atoms with E-state index in [1.54, 1.807) is 0 Å². The third-order valence-corrected chi connectivity index (χ3v) is 3.55. The molecule has 0 fully saturated rings. The minimum absolute atomic E-state index is 0.00861. The number of nitrogens with zero attached hydrogens (tertiary/aromatic N) is 2. The monoisotopic (exact) mass is 318 g/mol. The molecule has 124 valence electrons. The molecule has 1 aromatic rings. The fourth-order valence-corrected chi connectivity index (χ4v) is 2.67. The van der Waals surface area contributed by atoms with Gasteiger partial charge in [0.15, 0.2) is 5.69 Å². The summed E-state index contributed by atoms with van der Waals surface area (Å²) in [6.07, 6.45) is -1.76. The van der Waals surface area contributed by atoms with Gasteiger partial charge in [0.05, 0.1) is 6.54 Å². The van der Waals surface area contributed by atoms with Gasteiger partial charge in [-0.15, -0.1) is 0 Å². The predicted molar refractivity (Wildman–Crippen MR) is 75.5 cm³/mol. The molecule has 0 saturated carbocycles. The van der Waals surface area contributed by atoms with Gasteiger partial charge < -0.3 is 10.6 Å². The molecule has 0 atom stereocenters. The van der Waals surface area contributed by atoms with Gasteiger partial charge in [-0.1, -0.05) is 0 Å². The Hall–Kier alpha value is -1.73. The molecule has 2 rings (SSSR count). The zero-order valence-corrected chi connectivity index (χ0v) is 12.8. The molecule has 5 nitrogen and oxygen atoms in total. The molecule has 0 aromatic carbocycles. The van der Waals surface area contributed by atoms with Gasteiger partial charge in [-0.25, -0.2) is 4.79 Å². The summed E-state index contributed by atoms with van der Waals surface area (Å²) in [6.45, 7) is 4.14. The number of nitrogens with one attached hydrogen (secondary N) is 2. The smallest absolute Gasteiger partial charge is 0.336 e. The summed E-state index contributed by atoms with van der Waals surface area (Å²) in [7, 11) is 0. The molecular weight excluding hydrogens is 297 g/mol. The lowest BCUT2D eigenvalue weighted by Gasteiger charge is -2.15. The molecule has 8 heteroatoms. The van der Waals surface area contributed by atoms with Gasteiger partial charge in [0.1, 0.15) is 0 Å². The lowest BCUT2D eigenvalue weighted by Crippen LogP contribution is -2.40. The minimum atomic E-state index is -4.42. The molecule has 0 unspecified atom stereocenters. The molecule has 1 aliphatic carbocycles. The number of halogens is 3. The van der Waals surface area contributed by atoms with Gasteiger partial charge >= 0.3 is 12.2 Å². The van der Waals surface area contributed by atoms with Crippen LogP contribution in [-0.2, 0) is 25.6 Å². The van der Waals surface area contributed by atoms with Crippen molar-refractivity contribution in [2.24, 2.45) is 0 Å². The SMILES string of the molecule is CC(C)NC(=O)NCCn1nc(C(F)(F)F)c2c1CCCC2. The molecule has 0 saturated heterocycles. The van der Waals surface area contributed by atoms with E-state index in [-0.39, 0.29) is 25.2 Å². The van der Waals surface area contributed by atoms with E-state index in [4.69, 9.17) is 0 Å². The van der Waals surface area contributed by atoms with Crippen LogP contribution in [0.15, 0.2) is 0 Å². The van der Waals surface area contributed by atoms with Crippen molar-refractivity contribution in [2.45, 2.75) is 58.3 Å². The third kappa shape index (κ3) is 3.92. The first-order valence-corrected chi connectivity index (χ1v) is 7.49. The van der Waals surface area contributed by atoms with Crippen molar-refractivity contribution in [1.29, 1.82) is 0 Å². The number of urea groups is 1. The molecule has 0 aliphatic heterocycles. The molecule has 2 amide bonds. The summed E-state index contributed by atoms with van der Waals surface area (Å²) < 4.78 is 40.5. The minimum Gasteiger partial charge on any atom is -0.336 e. The van der Waals surface area contributed by atoms with E-state index in [0.717, 1.165) is 12.8 Å². The molecule has 22 heavy (non-hydrogen) atoms. The number of carbonyl (C=O) groups is 1. The molecule has 0 radical (unpaired) electrons. The zero-order chi connectivity index (χ0) is 16.3. The molecule has 0 bridgehead atoms. The van der Waals surface area contributed by atoms with E-state index in [9.17, 15) is 18.0 Å². The van der Waals surface area contributed by atoms with Gasteiger partial charge in [-0.05, 0) is 39.5 Å². The van der Waals surface area contributed by atoms with Crippen LogP contribution in [0.3, 0.4) is 0 Å². The van der Waals surface area contributed by atoms with E-state index < -0.39 is 11.9 Å². The summed E-state index contributed by atoms with van der Waals surface area (Å²) in [4.78, 5) is 11.5. The molecule has 2 N–H and O–H groups in total. The van der Waals surface area contributed by atoms with Gasteiger partial charge in [0.2, 0.25) is 0 Å². The Kier molecular flexibility index (Phi) is 4.97. The maximum atomic E-state index is 13.0. The quantitative estimate of drug-likeness (QED) is 0.896. The number of hydrogen-bond acceptors (Lipinski definition) is 2. The highest BCUT2D eigenvalue weighted by Gasteiger charge is 2.39. The fraction of sp³-hybridized carbons (Fsp3) is 0.714. The number of rotatable bonds is 4. The Morgan fingerprint density at radius 2 is 2.00 bits per heavy atom. The first-order valence-electron chi connectivity index (χ1n) is 7.49. The zero-order valence-electron chi connectivity index (χ0n) is 12.8. The highest BCUT2D eigenvalue weighted by atomic mass is 19.4. The summed E-state index contributed by atoms with van der Waals surface area (Å²) in [6, 6.07) is -0.318. The second-order valence-corrected chi connectivity index (χ2v) is 5.76. The summed E-state index contributed by atoms with van der Waals surface area (Å²) >= 11 is 0. The Bertz CT molecular complexity index is 537. The van der Waals surface area contributed by atoms with Crippen LogP contribution in [0, 0.1) is 0 Å². The first kappa shape index (κ1) is 16.6. The second-order valence-electron chi connectivity index (χ2n) is 5.76. The normalized spacial score (nSPS) is 14.8. The predicted octanol–water partition coefficient (Wildman–Crippen LogP) is 2.49. The average Bonchev–Trinajstić information content (AvgIpc) is 2.77. The first-order chi connectivity index (χ1) is 10.3. The molecular formula is C14H21F3N4O. The largest absolute Gasteiger partial charge is 0.435 e. The number of alkyl halides is 3. The maximum Gasteiger partial charge on any atom is 0.435 e. The van der Waals surface area contributed by atoms with Crippen LogP contribution in [0.1, 0.15) is 43.6 Å². The van der Waals surface area contributed by atoms with Crippen LogP contribution in [0.5, 0.6) is 0 Å². The van der Waals surface area contributed by atoms with Gasteiger partial charge in [0, 0.05) is 23.8 Å². The van der Waals surface area contributed by atoms with Crippen molar-refractivity contribution in [2.75, 3.05) is 6.54 Å². The molecule has 1 heterocycles. The van der Waals surface area contributed by atoms with E-state index in [1.165, 1.54) is 4.68 Å². The number of amides is 2. The van der Waals surface area contributed by atoms with Crippen molar-refractivity contribution in [1.82, 2.24) is 20.4 Å². The highest BCUT2D eigenvalue weighted by Crippen LogP contribution is 2.35. The highest BCUT2D eigenvalue weighted by molar-refractivity contribution is 5.73. The van der Waals surface area contributed by atoms with Crippen LogP contribution in [0.4, 0.5) is 18.0 Å². The summed E-state index contributed by atoms with van der Waals surface area (Å²) in [5.41, 5.74) is 0.212. The number of carbonyl (C=O) groups excluding carboxylic acids is 1. The fourth-order valence-electron chi connectivity index (χ4n) is 2.67. The van der Waals surface area contributed by atoms with Crippen LogP contribution in [0.2, 0.25) is 0 Å². The topological polar surface area (TPSA) is 59.0 Å². The number of aromatic nitrogens is 2. The van der Waals surface area contributed by atoms with E-state index >= 15 is 0 Å². The van der Waals surface area contributed by atoms with Crippen LogP contribution in [0.25, 0.3) is 0 Å². The molecule has 1 aromatic heterocycles. The standard InChI is InChI=1S/C14H21F3N4O/c1-9(2)19-13(22)18-7-8-21-11-6-4-3-5-10(11)12(20-21)14(15,16)17/h9H,3-8H2,1-2H3,(H2,18,19,22). The van der Waals surface area contributed by atoms with Crippen molar-refractivity contribution in [3.05, 3.63) is 17.0 Å². The lowest BCUT2D eigenvalue weighted by atomic mass is 9.95. The third-order valence-electron chi connectivity index (χ3n) is 3.55. The van der Waals surface area contributed by atoms with Crippen LogP contribution >= 0.6 is 0 Å². The van der Waals surface area contributed by atoms with Gasteiger partial charge in [-0.3, -0.25) is 4.68 Å². The Morgan fingerprint density at radius 1 is 1.32 bits per heavy atom. The van der Waals surface area contributed by atoms with Gasteiger partial charge in [-0.2, -0.15) is 18.3 Å². The van der Waals surface area contributed by atoms with E-state index in [1.807, 2.05) is 13.8 Å². The Balaban J connectivity index is 2.05. The average molecular weight is 318 g/mol. The van der Waals surface area contributed by atoms with Crippen LogP contribution in [-0.4, -0.2) is 28.4 Å². The Labute approximate surface area is 127 Å². The van der Waals surface area contributed by atoms with E-state index in [2.05, 4.69) is 15.7 Å². The van der Waals surface area contributed by atoms with Crippen LogP contribution < -0.4 is 10.6 Å². The number of fused-ring (bicyclic) bond motifs is 1. The molecule has 0 spiro atoms. The van der Waals surface area contributed by atoms with Crippen molar-refractivity contribution in [3.8, 4) is 0 Å². The van der Waals surface area contributed by atoms with E-state index in [0.29, 0.717) is 24.1 Å². The molecule has 1 aliphatic rings.